The van der Waals surface area contributed by atoms with Gasteiger partial charge in [0.05, 0.1) is 22.0 Å². The second kappa shape index (κ2) is 9.59. The number of sulfonamides is 1. The van der Waals surface area contributed by atoms with Gasteiger partial charge in [-0.1, -0.05) is 41.9 Å². The van der Waals surface area contributed by atoms with Crippen LogP contribution in [-0.2, 0) is 21.4 Å². The van der Waals surface area contributed by atoms with Crippen molar-refractivity contribution < 1.29 is 18.0 Å². The van der Waals surface area contributed by atoms with E-state index in [1.54, 1.807) is 4.90 Å². The molecule has 0 atom stereocenters. The normalized spacial score (nSPS) is 14.2. The Hall–Kier alpha value is -2.42. The van der Waals surface area contributed by atoms with Crippen LogP contribution in [0, 0.1) is 0 Å². The Kier molecular flexibility index (Phi) is 7.12. The van der Waals surface area contributed by atoms with E-state index >= 15 is 0 Å². The third kappa shape index (κ3) is 5.19. The molecule has 0 aliphatic carbocycles. The smallest absolute Gasteiger partial charge is 0.253 e. The van der Waals surface area contributed by atoms with Gasteiger partial charge in [-0.25, -0.2) is 8.42 Å². The zero-order valence-corrected chi connectivity index (χ0v) is 18.2. The van der Waals surface area contributed by atoms with Gasteiger partial charge in [-0.05, 0) is 36.6 Å². The number of likely N-dealkylation sites (tertiary alicyclic amines) is 1. The molecule has 0 saturated carbocycles. The first kappa shape index (κ1) is 22.3. The van der Waals surface area contributed by atoms with Crippen molar-refractivity contribution >= 4 is 33.4 Å². The molecule has 1 heterocycles. The summed E-state index contributed by atoms with van der Waals surface area (Å²) in [5, 5.41) is 2.66. The van der Waals surface area contributed by atoms with Crippen molar-refractivity contribution in [3.63, 3.8) is 0 Å². The van der Waals surface area contributed by atoms with Crippen molar-refractivity contribution in [2.24, 2.45) is 0 Å². The maximum atomic E-state index is 13.0. The Morgan fingerprint density at radius 1 is 1.10 bits per heavy atom. The number of nitrogens with one attached hydrogen (secondary N) is 1. The lowest BCUT2D eigenvalue weighted by Gasteiger charge is -2.18. The molecule has 2 amide bonds. The summed E-state index contributed by atoms with van der Waals surface area (Å²) in [5.41, 5.74) is 0.857. The summed E-state index contributed by atoms with van der Waals surface area (Å²) in [4.78, 5) is 26.3. The van der Waals surface area contributed by atoms with Crippen LogP contribution in [0.4, 0.5) is 0 Å². The Morgan fingerprint density at radius 3 is 2.43 bits per heavy atom. The summed E-state index contributed by atoms with van der Waals surface area (Å²) >= 11 is 6.13. The van der Waals surface area contributed by atoms with Gasteiger partial charge in [-0.2, -0.15) is 4.31 Å². The maximum absolute atomic E-state index is 13.0. The molecule has 30 heavy (non-hydrogen) atoms. The number of hydrogen-bond acceptors (Lipinski definition) is 4. The second-order valence-corrected chi connectivity index (χ2v) is 9.61. The van der Waals surface area contributed by atoms with Gasteiger partial charge in [0.1, 0.15) is 0 Å². The summed E-state index contributed by atoms with van der Waals surface area (Å²) in [6.07, 6.45) is 1.92. The third-order valence-electron chi connectivity index (χ3n) is 5.00. The van der Waals surface area contributed by atoms with Crippen molar-refractivity contribution in [3.8, 4) is 0 Å². The Labute approximate surface area is 181 Å². The number of hydrogen-bond donors (Lipinski definition) is 1. The fraction of sp³-hybridized carbons (Fsp3) is 0.333. The largest absolute Gasteiger partial charge is 0.343 e. The molecule has 7 nitrogen and oxygen atoms in total. The first-order chi connectivity index (χ1) is 14.3. The van der Waals surface area contributed by atoms with Crippen LogP contribution in [0.25, 0.3) is 0 Å². The SMILES string of the molecule is CN(Cc1ccccc1)S(=O)(=O)c1ccc(Cl)c(C(=O)NCC(=O)N2CCCC2)c1. The van der Waals surface area contributed by atoms with Gasteiger partial charge in [-0.15, -0.1) is 0 Å². The fourth-order valence-electron chi connectivity index (χ4n) is 3.27. The molecular formula is C21H24ClN3O4S. The molecule has 0 bridgehead atoms. The van der Waals surface area contributed by atoms with Crippen LogP contribution in [0.15, 0.2) is 53.4 Å². The molecule has 0 radical (unpaired) electrons. The first-order valence-electron chi connectivity index (χ1n) is 9.65. The molecular weight excluding hydrogens is 426 g/mol. The van der Waals surface area contributed by atoms with Gasteiger partial charge in [0.15, 0.2) is 0 Å². The highest BCUT2D eigenvalue weighted by molar-refractivity contribution is 7.89. The van der Waals surface area contributed by atoms with Crippen LogP contribution in [0.1, 0.15) is 28.8 Å². The minimum absolute atomic E-state index is 0.0140. The van der Waals surface area contributed by atoms with Crippen LogP contribution in [0.5, 0.6) is 0 Å². The van der Waals surface area contributed by atoms with E-state index in [1.807, 2.05) is 30.3 Å². The zero-order chi connectivity index (χ0) is 21.7. The molecule has 2 aromatic rings. The number of halogens is 1. The van der Waals surface area contributed by atoms with E-state index in [4.69, 9.17) is 11.6 Å². The fourth-order valence-corrected chi connectivity index (χ4v) is 4.66. The summed E-state index contributed by atoms with van der Waals surface area (Å²) in [6.45, 7) is 1.42. The number of benzene rings is 2. The molecule has 1 aliphatic rings. The predicted molar refractivity (Wildman–Crippen MR) is 115 cm³/mol. The van der Waals surface area contributed by atoms with Gasteiger partial charge in [0, 0.05) is 26.7 Å². The van der Waals surface area contributed by atoms with Crippen molar-refractivity contribution in [1.82, 2.24) is 14.5 Å². The minimum Gasteiger partial charge on any atom is -0.343 e. The van der Waals surface area contributed by atoms with E-state index in [0.717, 1.165) is 18.4 Å². The molecule has 0 unspecified atom stereocenters. The number of carbonyl (C=O) groups excluding carboxylic acids is 2. The van der Waals surface area contributed by atoms with Crippen LogP contribution in [-0.4, -0.2) is 56.1 Å². The number of amides is 2. The summed E-state index contributed by atoms with van der Waals surface area (Å²) in [7, 11) is -2.36. The van der Waals surface area contributed by atoms with Crippen LogP contribution in [0.2, 0.25) is 5.02 Å². The lowest BCUT2D eigenvalue weighted by Crippen LogP contribution is -2.38. The first-order valence-corrected chi connectivity index (χ1v) is 11.5. The number of rotatable bonds is 7. The van der Waals surface area contributed by atoms with Crippen molar-refractivity contribution in [2.45, 2.75) is 24.3 Å². The molecule has 1 saturated heterocycles. The van der Waals surface area contributed by atoms with Gasteiger partial charge >= 0.3 is 0 Å². The molecule has 9 heteroatoms. The molecule has 0 spiro atoms. The van der Waals surface area contributed by atoms with Crippen LogP contribution >= 0.6 is 11.6 Å². The minimum atomic E-state index is -3.83. The van der Waals surface area contributed by atoms with Gasteiger partial charge in [-0.3, -0.25) is 9.59 Å². The summed E-state index contributed by atoms with van der Waals surface area (Å²) in [5.74, 6) is -0.751. The lowest BCUT2D eigenvalue weighted by atomic mass is 10.2. The lowest BCUT2D eigenvalue weighted by molar-refractivity contribution is -0.129. The van der Waals surface area contributed by atoms with Crippen molar-refractivity contribution in [1.29, 1.82) is 0 Å². The average Bonchev–Trinajstić information content (AvgIpc) is 3.27. The zero-order valence-electron chi connectivity index (χ0n) is 16.7. The third-order valence-corrected chi connectivity index (χ3v) is 7.13. The van der Waals surface area contributed by atoms with Gasteiger partial charge < -0.3 is 10.2 Å². The highest BCUT2D eigenvalue weighted by Gasteiger charge is 2.24. The topological polar surface area (TPSA) is 86.8 Å². The van der Waals surface area contributed by atoms with E-state index < -0.39 is 15.9 Å². The van der Waals surface area contributed by atoms with E-state index in [9.17, 15) is 18.0 Å². The molecule has 1 aliphatic heterocycles. The van der Waals surface area contributed by atoms with E-state index in [1.165, 1.54) is 29.6 Å². The van der Waals surface area contributed by atoms with Crippen LogP contribution in [0.3, 0.4) is 0 Å². The van der Waals surface area contributed by atoms with E-state index in [2.05, 4.69) is 5.32 Å². The molecule has 0 aromatic heterocycles. The van der Waals surface area contributed by atoms with Crippen molar-refractivity contribution in [2.75, 3.05) is 26.7 Å². The van der Waals surface area contributed by atoms with Crippen LogP contribution < -0.4 is 5.32 Å². The molecule has 2 aromatic carbocycles. The van der Waals surface area contributed by atoms with Gasteiger partial charge in [0.25, 0.3) is 5.91 Å². The Balaban J connectivity index is 1.73. The second-order valence-electron chi connectivity index (χ2n) is 7.16. The Morgan fingerprint density at radius 2 is 1.77 bits per heavy atom. The number of nitrogens with zero attached hydrogens (tertiary/aromatic N) is 2. The maximum Gasteiger partial charge on any atom is 0.253 e. The molecule has 3 rings (SSSR count). The number of carbonyl (C=O) groups is 2. The monoisotopic (exact) mass is 449 g/mol. The van der Waals surface area contributed by atoms with E-state index in [0.29, 0.717) is 13.1 Å². The van der Waals surface area contributed by atoms with Gasteiger partial charge in [0.2, 0.25) is 15.9 Å². The molecule has 1 N–H and O–H groups in total. The van der Waals surface area contributed by atoms with Crippen molar-refractivity contribution in [3.05, 3.63) is 64.7 Å². The summed E-state index contributed by atoms with van der Waals surface area (Å²) in [6, 6.07) is 13.2. The Bertz CT molecular complexity index is 1020. The summed E-state index contributed by atoms with van der Waals surface area (Å²) < 4.78 is 27.1. The predicted octanol–water partition coefficient (Wildman–Crippen LogP) is 2.51. The quantitative estimate of drug-likeness (QED) is 0.703. The van der Waals surface area contributed by atoms with E-state index in [-0.39, 0.29) is 34.5 Å². The molecule has 160 valence electrons. The molecule has 1 fully saturated rings. The standard InChI is InChI=1S/C21H24ClN3O4S/c1-24(15-16-7-3-2-4-8-16)30(28,29)17-9-10-19(22)18(13-17)21(27)23-14-20(26)25-11-5-6-12-25/h2-4,7-10,13H,5-6,11-12,14-15H2,1H3,(H,23,27). The highest BCUT2D eigenvalue weighted by atomic mass is 35.5. The average molecular weight is 450 g/mol. The highest BCUT2D eigenvalue weighted by Crippen LogP contribution is 2.23.